The number of nitrogens with zero attached hydrogens (tertiary/aromatic N) is 3. The molecule has 3 N–H and O–H groups in total. The van der Waals surface area contributed by atoms with Gasteiger partial charge in [-0.15, -0.1) is 0 Å². The molecule has 0 saturated carbocycles. The minimum absolute atomic E-state index is 0.231. The Labute approximate surface area is 236 Å². The molecule has 0 amide bonds. The highest BCUT2D eigenvalue weighted by Crippen LogP contribution is 2.33. The van der Waals surface area contributed by atoms with Crippen molar-refractivity contribution in [3.8, 4) is 28.4 Å². The summed E-state index contributed by atoms with van der Waals surface area (Å²) < 4.78 is 39.3. The number of pyridine rings is 1. The van der Waals surface area contributed by atoms with E-state index in [-0.39, 0.29) is 24.9 Å². The van der Waals surface area contributed by atoms with E-state index in [9.17, 15) is 9.32 Å². The van der Waals surface area contributed by atoms with Gasteiger partial charge in [0.25, 0.3) is 6.01 Å². The SMILES string of the molecule is N=S1(=O)CCCN1Cc1ccc(-c2ccc(-c3nc4nc(O[C@@H]5CO[C@H]6[C@@H]5OC[C@H]6O)[nH]c4cc3Cl)cc2)cc1. The van der Waals surface area contributed by atoms with Crippen LogP contribution in [0.5, 0.6) is 6.01 Å². The Balaban J connectivity index is 1.07. The lowest BCUT2D eigenvalue weighted by Crippen LogP contribution is -2.34. The molecule has 208 valence electrons. The highest BCUT2D eigenvalue weighted by Gasteiger charge is 2.48. The number of imidazole rings is 1. The number of ether oxygens (including phenoxy) is 3. The maximum atomic E-state index is 12.3. The number of hydrogen-bond acceptors (Lipinski definition) is 8. The molecule has 1 unspecified atom stereocenters. The molecule has 5 atom stereocenters. The average Bonchev–Trinajstić information content (AvgIpc) is 3.70. The monoisotopic (exact) mass is 581 g/mol. The first-order valence-corrected chi connectivity index (χ1v) is 15.3. The van der Waals surface area contributed by atoms with Gasteiger partial charge in [-0.3, -0.25) is 0 Å². The van der Waals surface area contributed by atoms with Crippen LogP contribution in [0.1, 0.15) is 12.0 Å². The van der Waals surface area contributed by atoms with Gasteiger partial charge in [0.1, 0.15) is 28.2 Å². The first-order valence-electron chi connectivity index (χ1n) is 13.2. The first kappa shape index (κ1) is 25.9. The fourth-order valence-corrected chi connectivity index (χ4v) is 7.39. The molecule has 2 aromatic carbocycles. The van der Waals surface area contributed by atoms with Crippen molar-refractivity contribution in [1.29, 1.82) is 4.78 Å². The predicted octanol–water partition coefficient (Wildman–Crippen LogP) is 4.02. The third-order valence-corrected chi connectivity index (χ3v) is 9.98. The molecule has 3 saturated heterocycles. The first-order chi connectivity index (χ1) is 19.3. The molecule has 0 aliphatic carbocycles. The molecule has 3 fully saturated rings. The van der Waals surface area contributed by atoms with Gasteiger partial charge in [0, 0.05) is 24.4 Å². The van der Waals surface area contributed by atoms with Crippen LogP contribution >= 0.6 is 11.6 Å². The second-order valence-electron chi connectivity index (χ2n) is 10.4. The molecule has 2 aromatic heterocycles. The number of benzene rings is 2. The maximum absolute atomic E-state index is 12.3. The second-order valence-corrected chi connectivity index (χ2v) is 13.0. The van der Waals surface area contributed by atoms with Crippen LogP contribution in [0.4, 0.5) is 0 Å². The van der Waals surface area contributed by atoms with Gasteiger partial charge in [0.15, 0.2) is 11.8 Å². The van der Waals surface area contributed by atoms with Crippen LogP contribution in [-0.2, 0) is 25.9 Å². The zero-order valence-electron chi connectivity index (χ0n) is 21.5. The van der Waals surface area contributed by atoms with Crippen molar-refractivity contribution in [3.05, 3.63) is 65.2 Å². The Morgan fingerprint density at radius 2 is 1.75 bits per heavy atom. The summed E-state index contributed by atoms with van der Waals surface area (Å²) in [7, 11) is -2.62. The number of aromatic amines is 1. The summed E-state index contributed by atoms with van der Waals surface area (Å²) in [6.45, 7) is 1.77. The molecule has 40 heavy (non-hydrogen) atoms. The predicted molar refractivity (Wildman–Crippen MR) is 150 cm³/mol. The summed E-state index contributed by atoms with van der Waals surface area (Å²) in [6.07, 6.45) is -0.928. The molecule has 3 aliphatic heterocycles. The standard InChI is InChI=1S/C28H28ClN5O5S/c29-20-12-21-27(33-28(31-21)39-23-15-38-25-22(35)14-37-26(23)25)32-24(20)19-8-6-18(7-9-19)17-4-2-16(3-5-17)13-34-10-1-11-40(34,30)36/h2-9,12,22-23,25-26,30,35H,1,10-11,13-15H2,(H,31,32,33)/t22-,23-,25-,26-,40?/m1/s1. The highest BCUT2D eigenvalue weighted by molar-refractivity contribution is 7.90. The molecule has 10 nitrogen and oxygen atoms in total. The smallest absolute Gasteiger partial charge is 0.296 e. The zero-order chi connectivity index (χ0) is 27.4. The molecule has 7 rings (SSSR count). The minimum Gasteiger partial charge on any atom is -0.456 e. The quantitative estimate of drug-likeness (QED) is 0.313. The minimum atomic E-state index is -2.62. The van der Waals surface area contributed by atoms with Gasteiger partial charge in [-0.2, -0.15) is 4.98 Å². The number of halogens is 1. The Morgan fingerprint density at radius 1 is 1.05 bits per heavy atom. The fourth-order valence-electron chi connectivity index (χ4n) is 5.57. The largest absolute Gasteiger partial charge is 0.456 e. The van der Waals surface area contributed by atoms with Crippen LogP contribution in [0.15, 0.2) is 54.6 Å². The van der Waals surface area contributed by atoms with Crippen LogP contribution in [0.3, 0.4) is 0 Å². The molecule has 5 heterocycles. The number of aliphatic hydroxyl groups excluding tert-OH is 1. The van der Waals surface area contributed by atoms with Crippen LogP contribution in [-0.4, -0.2) is 78.5 Å². The Hall–Kier alpha value is -3.06. The van der Waals surface area contributed by atoms with E-state index >= 15 is 0 Å². The van der Waals surface area contributed by atoms with E-state index in [1.165, 1.54) is 0 Å². The number of aliphatic hydroxyl groups is 1. The van der Waals surface area contributed by atoms with Crippen molar-refractivity contribution in [1.82, 2.24) is 19.3 Å². The molecule has 0 spiro atoms. The van der Waals surface area contributed by atoms with Gasteiger partial charge in [-0.05, 0) is 29.2 Å². The number of aromatic nitrogens is 3. The topological polar surface area (TPSA) is 134 Å². The molecule has 0 bridgehead atoms. The second kappa shape index (κ2) is 10.1. The van der Waals surface area contributed by atoms with Crippen molar-refractivity contribution in [2.75, 3.05) is 25.5 Å². The van der Waals surface area contributed by atoms with Crippen LogP contribution in [0.2, 0.25) is 5.02 Å². The normalized spacial score (nSPS) is 28.4. The fraction of sp³-hybridized carbons (Fsp3) is 0.357. The van der Waals surface area contributed by atoms with Gasteiger partial charge < -0.3 is 24.3 Å². The van der Waals surface area contributed by atoms with Crippen molar-refractivity contribution in [2.24, 2.45) is 0 Å². The summed E-state index contributed by atoms with van der Waals surface area (Å²) in [5.41, 5.74) is 5.75. The van der Waals surface area contributed by atoms with Gasteiger partial charge in [-0.25, -0.2) is 18.3 Å². The third kappa shape index (κ3) is 4.76. The van der Waals surface area contributed by atoms with E-state index < -0.39 is 16.0 Å². The molecule has 0 radical (unpaired) electrons. The lowest BCUT2D eigenvalue weighted by Gasteiger charge is -2.16. The van der Waals surface area contributed by atoms with E-state index in [0.29, 0.717) is 53.3 Å². The van der Waals surface area contributed by atoms with Crippen molar-refractivity contribution < 1.29 is 23.5 Å². The third-order valence-electron chi connectivity index (χ3n) is 7.70. The van der Waals surface area contributed by atoms with Gasteiger partial charge in [-0.1, -0.05) is 60.1 Å². The van der Waals surface area contributed by atoms with E-state index in [4.69, 9.17) is 35.6 Å². The molecule has 3 aliphatic rings. The number of H-pyrrole nitrogens is 1. The highest BCUT2D eigenvalue weighted by atomic mass is 35.5. The number of fused-ring (bicyclic) bond motifs is 2. The number of nitrogens with one attached hydrogen (secondary N) is 2. The molecular weight excluding hydrogens is 554 g/mol. The van der Waals surface area contributed by atoms with Crippen molar-refractivity contribution in [2.45, 2.75) is 37.4 Å². The lowest BCUT2D eigenvalue weighted by molar-refractivity contribution is 0.00706. The average molecular weight is 582 g/mol. The van der Waals surface area contributed by atoms with Gasteiger partial charge in [0.2, 0.25) is 0 Å². The summed E-state index contributed by atoms with van der Waals surface area (Å²) in [5, 5.41) is 10.4. The van der Waals surface area contributed by atoms with Crippen LogP contribution < -0.4 is 4.74 Å². The zero-order valence-corrected chi connectivity index (χ0v) is 23.0. The summed E-state index contributed by atoms with van der Waals surface area (Å²) in [6, 6.07) is 18.2. The van der Waals surface area contributed by atoms with Gasteiger partial charge in [0.05, 0.1) is 29.4 Å². The molecule has 12 heteroatoms. The summed E-state index contributed by atoms with van der Waals surface area (Å²) in [4.78, 5) is 12.3. The molecule has 4 aromatic rings. The van der Waals surface area contributed by atoms with E-state index in [2.05, 4.69) is 9.97 Å². The summed E-state index contributed by atoms with van der Waals surface area (Å²) >= 11 is 6.61. The Morgan fingerprint density at radius 3 is 2.48 bits per heavy atom. The van der Waals surface area contributed by atoms with Crippen molar-refractivity contribution >= 4 is 32.7 Å². The van der Waals surface area contributed by atoms with E-state index in [1.54, 1.807) is 10.4 Å². The van der Waals surface area contributed by atoms with E-state index in [0.717, 1.165) is 28.7 Å². The van der Waals surface area contributed by atoms with Crippen LogP contribution in [0, 0.1) is 4.78 Å². The van der Waals surface area contributed by atoms with Gasteiger partial charge >= 0.3 is 0 Å². The number of hydrogen-bond donors (Lipinski definition) is 3. The Kier molecular flexibility index (Phi) is 6.53. The summed E-state index contributed by atoms with van der Waals surface area (Å²) in [5.74, 6) is 0.455. The maximum Gasteiger partial charge on any atom is 0.296 e. The Bertz CT molecular complexity index is 1660. The van der Waals surface area contributed by atoms with E-state index in [1.807, 2.05) is 48.5 Å². The van der Waals surface area contributed by atoms with Crippen LogP contribution in [0.25, 0.3) is 33.5 Å². The van der Waals surface area contributed by atoms with Crippen molar-refractivity contribution in [3.63, 3.8) is 0 Å². The lowest BCUT2D eigenvalue weighted by atomic mass is 10.0. The molecular formula is C28H28ClN5O5S. The number of rotatable bonds is 6.